The molecule has 0 aliphatic rings. The average Bonchev–Trinajstić information content (AvgIpc) is 2.25. The Labute approximate surface area is 119 Å². The molecule has 0 aromatic heterocycles. The Morgan fingerprint density at radius 1 is 0.727 bits per heavy atom. The van der Waals surface area contributed by atoms with E-state index < -0.39 is 42.6 Å². The van der Waals surface area contributed by atoms with Gasteiger partial charge < -0.3 is 5.73 Å². The van der Waals surface area contributed by atoms with Crippen molar-refractivity contribution in [2.75, 3.05) is 0 Å². The van der Waals surface area contributed by atoms with Crippen LogP contribution in [0.25, 0.3) is 0 Å². The predicted molar refractivity (Wildman–Crippen MR) is 56.3 cm³/mol. The molecule has 0 aromatic rings. The first-order chi connectivity index (χ1) is 9.42. The fourth-order valence-corrected chi connectivity index (χ4v) is 1.60. The molecule has 0 heterocycles. The van der Waals surface area contributed by atoms with Crippen LogP contribution in [-0.2, 0) is 0 Å². The minimum Gasteiger partial charge on any atom is -0.321 e. The molecule has 0 saturated carbocycles. The van der Waals surface area contributed by atoms with E-state index in [1.165, 1.54) is 0 Å². The molecular formula is C11H16F10N+. The minimum absolute atomic E-state index is 0.0819. The van der Waals surface area contributed by atoms with Gasteiger partial charge >= 0.3 is 29.7 Å². The Morgan fingerprint density at radius 3 is 1.45 bits per heavy atom. The number of hydrogen-bond donors (Lipinski definition) is 1. The normalized spacial score (nSPS) is 17.7. The molecule has 0 amide bonds. The van der Waals surface area contributed by atoms with Crippen LogP contribution in [0.3, 0.4) is 0 Å². The van der Waals surface area contributed by atoms with Crippen LogP contribution in [0.2, 0.25) is 0 Å². The number of halogens is 10. The van der Waals surface area contributed by atoms with Gasteiger partial charge in [0, 0.05) is 6.42 Å². The zero-order valence-electron chi connectivity index (χ0n) is 11.7. The van der Waals surface area contributed by atoms with Crippen molar-refractivity contribution < 1.29 is 49.6 Å². The first kappa shape index (κ1) is 21.3. The summed E-state index contributed by atoms with van der Waals surface area (Å²) >= 11 is 0. The molecule has 0 aliphatic heterocycles. The summed E-state index contributed by atoms with van der Waals surface area (Å²) in [4.78, 5) is 0. The Morgan fingerprint density at radius 2 is 1.14 bits per heavy atom. The second-order valence-corrected chi connectivity index (χ2v) is 5.47. The topological polar surface area (TPSA) is 27.6 Å². The first-order valence-electron chi connectivity index (χ1n) is 6.16. The Hall–Kier alpha value is -0.740. The van der Waals surface area contributed by atoms with Gasteiger partial charge in [-0.3, -0.25) is 0 Å². The molecule has 134 valence electrons. The lowest BCUT2D eigenvalue weighted by Gasteiger charge is -2.37. The van der Waals surface area contributed by atoms with Gasteiger partial charge in [-0.1, -0.05) is 20.3 Å². The van der Waals surface area contributed by atoms with E-state index in [-0.39, 0.29) is 12.3 Å². The highest BCUT2D eigenvalue weighted by atomic mass is 19.4. The van der Waals surface area contributed by atoms with Gasteiger partial charge in [0.05, 0.1) is 0 Å². The molecule has 0 aliphatic carbocycles. The van der Waals surface area contributed by atoms with E-state index in [9.17, 15) is 43.9 Å². The summed E-state index contributed by atoms with van der Waals surface area (Å²) in [5.41, 5.74) is 2.10. The van der Waals surface area contributed by atoms with Crippen molar-refractivity contribution in [3.05, 3.63) is 0 Å². The number of quaternary nitrogens is 1. The largest absolute Gasteiger partial charge is 0.460 e. The highest BCUT2D eigenvalue weighted by molar-refractivity contribution is 5.05. The van der Waals surface area contributed by atoms with Crippen molar-refractivity contribution in [2.24, 2.45) is 5.92 Å². The SMILES string of the molecule is CC(C)CCCC([NH3+])(F)C(F)(F)C(F)(F)C(F)(F)C(F)(F)F. The third-order valence-electron chi connectivity index (χ3n) is 3.06. The minimum atomic E-state index is -7.10. The van der Waals surface area contributed by atoms with Gasteiger partial charge in [0.1, 0.15) is 0 Å². The fourth-order valence-electron chi connectivity index (χ4n) is 1.60. The summed E-state index contributed by atoms with van der Waals surface area (Å²) in [5, 5.41) is 0. The van der Waals surface area contributed by atoms with Gasteiger partial charge in [-0.25, -0.2) is 0 Å². The van der Waals surface area contributed by atoms with Gasteiger partial charge in [0.25, 0.3) is 0 Å². The van der Waals surface area contributed by atoms with Crippen LogP contribution in [0, 0.1) is 5.92 Å². The molecular weight excluding hydrogens is 336 g/mol. The Balaban J connectivity index is 5.50. The third kappa shape index (κ3) is 3.60. The predicted octanol–water partition coefficient (Wildman–Crippen LogP) is 4.19. The zero-order valence-corrected chi connectivity index (χ0v) is 11.7. The molecule has 1 unspecified atom stereocenters. The number of alkyl halides is 10. The maximum absolute atomic E-state index is 13.7. The van der Waals surface area contributed by atoms with E-state index in [1.807, 2.05) is 0 Å². The van der Waals surface area contributed by atoms with Crippen LogP contribution in [-0.4, -0.2) is 29.7 Å². The Bertz CT molecular complexity index is 372. The maximum Gasteiger partial charge on any atom is 0.460 e. The number of rotatable bonds is 7. The van der Waals surface area contributed by atoms with E-state index in [0.29, 0.717) is 0 Å². The lowest BCUT2D eigenvalue weighted by molar-refractivity contribution is -0.591. The molecule has 0 spiro atoms. The van der Waals surface area contributed by atoms with Crippen molar-refractivity contribution in [1.29, 1.82) is 0 Å². The molecule has 1 nitrogen and oxygen atoms in total. The van der Waals surface area contributed by atoms with E-state index in [2.05, 4.69) is 5.73 Å². The highest BCUT2D eigenvalue weighted by Crippen LogP contribution is 2.56. The van der Waals surface area contributed by atoms with Crippen LogP contribution in [0.5, 0.6) is 0 Å². The molecule has 0 radical (unpaired) electrons. The van der Waals surface area contributed by atoms with Gasteiger partial charge in [-0.2, -0.15) is 43.9 Å². The summed E-state index contributed by atoms with van der Waals surface area (Å²) in [5.74, 6) is -25.0. The third-order valence-corrected chi connectivity index (χ3v) is 3.06. The summed E-state index contributed by atoms with van der Waals surface area (Å²) in [7, 11) is 0. The molecule has 0 bridgehead atoms. The average molecular weight is 352 g/mol. The van der Waals surface area contributed by atoms with Crippen molar-refractivity contribution in [3.63, 3.8) is 0 Å². The summed E-state index contributed by atoms with van der Waals surface area (Å²) < 4.78 is 127. The monoisotopic (exact) mass is 352 g/mol. The zero-order chi connectivity index (χ0) is 18.2. The van der Waals surface area contributed by atoms with Crippen molar-refractivity contribution in [2.45, 2.75) is 62.8 Å². The molecule has 0 aromatic carbocycles. The highest BCUT2D eigenvalue weighted by Gasteiger charge is 2.87. The van der Waals surface area contributed by atoms with Crippen molar-refractivity contribution in [1.82, 2.24) is 0 Å². The standard InChI is InChI=1S/C11H15F10N/c1-6(2)4-3-5-7(12,22)8(13,14)9(15,16)10(17,18)11(19,20)21/h6H,3-5,22H2,1-2H3/p+1. The molecule has 0 saturated heterocycles. The summed E-state index contributed by atoms with van der Waals surface area (Å²) in [6.45, 7) is 3.18. The van der Waals surface area contributed by atoms with Crippen LogP contribution in [0.15, 0.2) is 0 Å². The first-order valence-corrected chi connectivity index (χ1v) is 6.16. The van der Waals surface area contributed by atoms with Gasteiger partial charge in [-0.15, -0.1) is 0 Å². The molecule has 0 rings (SSSR count). The van der Waals surface area contributed by atoms with Crippen molar-refractivity contribution >= 4 is 0 Å². The van der Waals surface area contributed by atoms with Crippen LogP contribution >= 0.6 is 0 Å². The molecule has 3 N–H and O–H groups in total. The fraction of sp³-hybridized carbons (Fsp3) is 1.00. The second kappa shape index (κ2) is 6.04. The second-order valence-electron chi connectivity index (χ2n) is 5.47. The molecule has 22 heavy (non-hydrogen) atoms. The van der Waals surface area contributed by atoms with E-state index in [4.69, 9.17) is 0 Å². The van der Waals surface area contributed by atoms with E-state index in [0.717, 1.165) is 0 Å². The maximum atomic E-state index is 13.7. The lowest BCUT2D eigenvalue weighted by Crippen LogP contribution is -2.83. The quantitative estimate of drug-likeness (QED) is 0.526. The molecule has 1 atom stereocenters. The molecule has 0 fully saturated rings. The molecule has 11 heteroatoms. The van der Waals surface area contributed by atoms with Crippen LogP contribution in [0.4, 0.5) is 43.9 Å². The van der Waals surface area contributed by atoms with Crippen LogP contribution in [0.1, 0.15) is 33.1 Å². The summed E-state index contributed by atoms with van der Waals surface area (Å²) in [6, 6.07) is 0. The number of hydrogen-bond acceptors (Lipinski definition) is 0. The van der Waals surface area contributed by atoms with E-state index in [1.54, 1.807) is 13.8 Å². The van der Waals surface area contributed by atoms with Crippen molar-refractivity contribution in [3.8, 4) is 0 Å². The van der Waals surface area contributed by atoms with Gasteiger partial charge in [0.2, 0.25) is 0 Å². The van der Waals surface area contributed by atoms with E-state index >= 15 is 0 Å². The lowest BCUT2D eigenvalue weighted by atomic mass is 9.91. The smallest absolute Gasteiger partial charge is 0.321 e. The Kier molecular flexibility index (Phi) is 5.84. The van der Waals surface area contributed by atoms with Gasteiger partial charge in [-0.05, 0) is 12.3 Å². The summed E-state index contributed by atoms with van der Waals surface area (Å²) in [6.07, 6.45) is -8.70. The van der Waals surface area contributed by atoms with Crippen LogP contribution < -0.4 is 5.73 Å². The van der Waals surface area contributed by atoms with Gasteiger partial charge in [0.15, 0.2) is 0 Å².